The van der Waals surface area contributed by atoms with Gasteiger partial charge in [-0.25, -0.2) is 0 Å². The lowest BCUT2D eigenvalue weighted by Crippen LogP contribution is -2.36. The van der Waals surface area contributed by atoms with Crippen molar-refractivity contribution in [3.8, 4) is 0 Å². The number of rotatable bonds is 9. The molecule has 0 aliphatic rings. The highest BCUT2D eigenvalue weighted by molar-refractivity contribution is 7.87. The van der Waals surface area contributed by atoms with Crippen LogP contribution in [-0.2, 0) is 24.4 Å². The molecule has 0 radical (unpaired) electrons. The Hall–Kier alpha value is -1.19. The summed E-state index contributed by atoms with van der Waals surface area (Å²) >= 11 is 0. The van der Waals surface area contributed by atoms with Crippen LogP contribution < -0.4 is 0 Å². The Balaban J connectivity index is 4.46. The number of carbonyl (C=O) groups excluding carboxylic acids is 1. The molecule has 1 atom stereocenters. The van der Waals surface area contributed by atoms with E-state index in [-0.39, 0.29) is 6.61 Å². The Morgan fingerprint density at radius 3 is 2.16 bits per heavy atom. The lowest BCUT2D eigenvalue weighted by atomic mass is 10.3. The van der Waals surface area contributed by atoms with Crippen molar-refractivity contribution in [1.82, 2.24) is 4.90 Å². The lowest BCUT2D eigenvalue weighted by molar-refractivity contribution is -0.147. The first-order valence-electron chi connectivity index (χ1n) is 5.79. The van der Waals surface area contributed by atoms with Crippen LogP contribution in [0.4, 0.5) is 0 Å². The van der Waals surface area contributed by atoms with E-state index in [9.17, 15) is 18.0 Å². The summed E-state index contributed by atoms with van der Waals surface area (Å²) in [5.74, 6) is -2.76. The standard InChI is InChI=1S/C10H19NO7S/c1-3-11(4-2)5-6-18-10(14)8(7-9(12)13)19(15,16)17/h8H,3-7H2,1-2H3,(H,12,13)(H,15,16,17). The second-order valence-corrected chi connectivity index (χ2v) is 5.39. The van der Waals surface area contributed by atoms with E-state index >= 15 is 0 Å². The van der Waals surface area contributed by atoms with Crippen LogP contribution in [0, 0.1) is 0 Å². The van der Waals surface area contributed by atoms with E-state index in [1.807, 2.05) is 18.7 Å². The van der Waals surface area contributed by atoms with E-state index in [1.165, 1.54) is 0 Å². The summed E-state index contributed by atoms with van der Waals surface area (Å²) in [5.41, 5.74) is 0. The van der Waals surface area contributed by atoms with Crippen molar-refractivity contribution in [3.05, 3.63) is 0 Å². The van der Waals surface area contributed by atoms with E-state index in [0.717, 1.165) is 13.1 Å². The summed E-state index contributed by atoms with van der Waals surface area (Å²) in [6, 6.07) is 0. The number of aliphatic carboxylic acids is 1. The summed E-state index contributed by atoms with van der Waals surface area (Å²) in [7, 11) is -4.79. The van der Waals surface area contributed by atoms with Crippen molar-refractivity contribution >= 4 is 22.1 Å². The third kappa shape index (κ3) is 7.09. The molecule has 0 saturated carbocycles. The molecule has 2 N–H and O–H groups in total. The molecular formula is C10H19NO7S. The Kier molecular flexibility index (Phi) is 7.57. The van der Waals surface area contributed by atoms with E-state index in [4.69, 9.17) is 9.66 Å². The number of carboxylic acids is 1. The minimum atomic E-state index is -4.79. The smallest absolute Gasteiger partial charge is 0.327 e. The minimum absolute atomic E-state index is 0.0633. The highest BCUT2D eigenvalue weighted by Gasteiger charge is 2.34. The summed E-state index contributed by atoms with van der Waals surface area (Å²) in [6.45, 7) is 5.65. The number of esters is 1. The van der Waals surface area contributed by atoms with E-state index in [2.05, 4.69) is 4.74 Å². The maximum Gasteiger partial charge on any atom is 0.327 e. The Bertz CT molecular complexity index is 402. The number of carboxylic acid groups (broad SMARTS) is 1. The molecule has 0 aromatic carbocycles. The molecule has 0 fully saturated rings. The summed E-state index contributed by atoms with van der Waals surface area (Å²) in [4.78, 5) is 23.8. The zero-order chi connectivity index (χ0) is 15.1. The molecule has 0 amide bonds. The Morgan fingerprint density at radius 2 is 1.79 bits per heavy atom. The fourth-order valence-corrected chi connectivity index (χ4v) is 2.04. The fraction of sp³-hybridized carbons (Fsp3) is 0.800. The van der Waals surface area contributed by atoms with E-state index in [0.29, 0.717) is 6.54 Å². The number of hydrogen-bond donors (Lipinski definition) is 2. The van der Waals surface area contributed by atoms with Crippen LogP contribution in [-0.4, -0.2) is 66.4 Å². The molecule has 0 aliphatic carbocycles. The third-order valence-corrected chi connectivity index (χ3v) is 3.61. The molecule has 0 rings (SSSR count). The topological polar surface area (TPSA) is 121 Å². The van der Waals surface area contributed by atoms with Gasteiger partial charge in [0.1, 0.15) is 6.61 Å². The first-order valence-corrected chi connectivity index (χ1v) is 7.29. The van der Waals surface area contributed by atoms with Gasteiger partial charge in [0.05, 0.1) is 6.42 Å². The summed E-state index contributed by atoms with van der Waals surface area (Å²) < 4.78 is 35.3. The predicted octanol–water partition coefficient (Wildman–Crippen LogP) is -0.397. The quantitative estimate of drug-likeness (QED) is 0.435. The molecule has 8 nitrogen and oxygen atoms in total. The van der Waals surface area contributed by atoms with Crippen LogP contribution in [0.25, 0.3) is 0 Å². The number of carbonyl (C=O) groups is 2. The first-order chi connectivity index (χ1) is 8.72. The normalized spacial score (nSPS) is 13.3. The molecule has 0 saturated heterocycles. The molecule has 0 aliphatic heterocycles. The van der Waals surface area contributed by atoms with Crippen molar-refractivity contribution in [2.75, 3.05) is 26.2 Å². The number of nitrogens with zero attached hydrogens (tertiary/aromatic N) is 1. The van der Waals surface area contributed by atoms with Crippen LogP contribution in [0.2, 0.25) is 0 Å². The van der Waals surface area contributed by atoms with Gasteiger partial charge >= 0.3 is 11.9 Å². The molecule has 0 bridgehead atoms. The summed E-state index contributed by atoms with van der Waals surface area (Å²) in [5, 5.41) is 6.41. The molecule has 0 spiro atoms. The maximum absolute atomic E-state index is 11.4. The Labute approximate surface area is 112 Å². The van der Waals surface area contributed by atoms with Gasteiger partial charge in [0.2, 0.25) is 0 Å². The van der Waals surface area contributed by atoms with Gasteiger partial charge in [-0.1, -0.05) is 13.8 Å². The number of ether oxygens (including phenoxy) is 1. The largest absolute Gasteiger partial charge is 0.481 e. The predicted molar refractivity (Wildman–Crippen MR) is 66.3 cm³/mol. The van der Waals surface area contributed by atoms with Crippen molar-refractivity contribution in [1.29, 1.82) is 0 Å². The van der Waals surface area contributed by atoms with E-state index in [1.54, 1.807) is 0 Å². The van der Waals surface area contributed by atoms with Crippen molar-refractivity contribution < 1.29 is 32.4 Å². The second kappa shape index (κ2) is 8.08. The van der Waals surface area contributed by atoms with Crippen LogP contribution >= 0.6 is 0 Å². The lowest BCUT2D eigenvalue weighted by Gasteiger charge is -2.18. The van der Waals surface area contributed by atoms with Crippen molar-refractivity contribution in [2.45, 2.75) is 25.5 Å². The van der Waals surface area contributed by atoms with E-state index < -0.39 is 33.7 Å². The second-order valence-electron chi connectivity index (χ2n) is 3.80. The van der Waals surface area contributed by atoms with Gasteiger partial charge in [0.25, 0.3) is 10.1 Å². The highest BCUT2D eigenvalue weighted by Crippen LogP contribution is 2.07. The van der Waals surface area contributed by atoms with Crippen LogP contribution in [0.15, 0.2) is 0 Å². The molecule has 0 heterocycles. The zero-order valence-corrected chi connectivity index (χ0v) is 11.7. The minimum Gasteiger partial charge on any atom is -0.481 e. The van der Waals surface area contributed by atoms with Gasteiger partial charge < -0.3 is 14.7 Å². The molecule has 0 aromatic rings. The maximum atomic E-state index is 11.4. The van der Waals surface area contributed by atoms with Crippen LogP contribution in [0.3, 0.4) is 0 Å². The molecule has 9 heteroatoms. The van der Waals surface area contributed by atoms with Gasteiger partial charge in [-0.2, -0.15) is 8.42 Å². The molecule has 0 aromatic heterocycles. The van der Waals surface area contributed by atoms with Gasteiger partial charge in [-0.3, -0.25) is 14.1 Å². The summed E-state index contributed by atoms with van der Waals surface area (Å²) in [6.07, 6.45) is -1.02. The Morgan fingerprint density at radius 1 is 1.26 bits per heavy atom. The van der Waals surface area contributed by atoms with Crippen LogP contribution in [0.1, 0.15) is 20.3 Å². The first kappa shape index (κ1) is 17.8. The zero-order valence-electron chi connectivity index (χ0n) is 10.9. The van der Waals surface area contributed by atoms with Crippen molar-refractivity contribution in [3.63, 3.8) is 0 Å². The van der Waals surface area contributed by atoms with Crippen LogP contribution in [0.5, 0.6) is 0 Å². The molecule has 1 unspecified atom stereocenters. The van der Waals surface area contributed by atoms with Gasteiger partial charge in [0, 0.05) is 6.54 Å². The SMILES string of the molecule is CCN(CC)CCOC(=O)C(CC(=O)O)S(=O)(=O)O. The average molecular weight is 297 g/mol. The monoisotopic (exact) mass is 297 g/mol. The molecule has 19 heavy (non-hydrogen) atoms. The van der Waals surface area contributed by atoms with Gasteiger partial charge in [-0.15, -0.1) is 0 Å². The van der Waals surface area contributed by atoms with Gasteiger partial charge in [0.15, 0.2) is 5.25 Å². The van der Waals surface area contributed by atoms with Crippen molar-refractivity contribution in [2.24, 2.45) is 0 Å². The van der Waals surface area contributed by atoms with Gasteiger partial charge in [-0.05, 0) is 13.1 Å². The third-order valence-electron chi connectivity index (χ3n) is 2.53. The molecule has 112 valence electrons. The number of hydrogen-bond acceptors (Lipinski definition) is 6. The highest BCUT2D eigenvalue weighted by atomic mass is 32.2. The molecular weight excluding hydrogens is 278 g/mol. The fourth-order valence-electron chi connectivity index (χ4n) is 1.38. The average Bonchev–Trinajstić information content (AvgIpc) is 2.30. The number of likely N-dealkylation sites (N-methyl/N-ethyl adjacent to an activating group) is 1.